The molecule has 120 valence electrons. The molecule has 2 aliphatic rings. The Labute approximate surface area is 125 Å². The van der Waals surface area contributed by atoms with Crippen LogP contribution in [-0.4, -0.2) is 52.5 Å². The van der Waals surface area contributed by atoms with Gasteiger partial charge >= 0.3 is 12.1 Å². The Morgan fingerprint density at radius 3 is 2.71 bits per heavy atom. The predicted octanol–water partition coefficient (Wildman–Crippen LogP) is 2.41. The summed E-state index contributed by atoms with van der Waals surface area (Å²) in [4.78, 5) is 24.6. The summed E-state index contributed by atoms with van der Waals surface area (Å²) in [7, 11) is 0. The summed E-state index contributed by atoms with van der Waals surface area (Å²) in [5.74, 6) is -0.834. The molecule has 2 aliphatic heterocycles. The zero-order valence-electron chi connectivity index (χ0n) is 13.1. The van der Waals surface area contributed by atoms with Gasteiger partial charge in [0.15, 0.2) is 0 Å². The van der Waals surface area contributed by atoms with Gasteiger partial charge < -0.3 is 19.5 Å². The number of hydrogen-bond donors (Lipinski definition) is 1. The molecule has 1 N–H and O–H groups in total. The van der Waals surface area contributed by atoms with Crippen molar-refractivity contribution in [3.63, 3.8) is 0 Å². The van der Waals surface area contributed by atoms with E-state index in [4.69, 9.17) is 14.6 Å². The minimum Gasteiger partial charge on any atom is -0.481 e. The molecule has 2 rings (SSSR count). The number of carboxylic acids is 1. The maximum atomic E-state index is 12.1. The third-order valence-corrected chi connectivity index (χ3v) is 3.95. The van der Waals surface area contributed by atoms with Gasteiger partial charge in [0.25, 0.3) is 0 Å². The molecule has 0 radical (unpaired) electrons. The first-order valence-corrected chi connectivity index (χ1v) is 7.57. The summed E-state index contributed by atoms with van der Waals surface area (Å²) in [5.41, 5.74) is -0.888. The number of carboxylic acid groups (broad SMARTS) is 1. The molecule has 0 aromatic rings. The highest BCUT2D eigenvalue weighted by molar-refractivity contribution is 5.69. The number of carbonyl (C=O) groups excluding carboxylic acids is 1. The van der Waals surface area contributed by atoms with Gasteiger partial charge in [-0.2, -0.15) is 0 Å². The topological polar surface area (TPSA) is 76.1 Å². The molecule has 2 heterocycles. The summed E-state index contributed by atoms with van der Waals surface area (Å²) in [5, 5.41) is 8.90. The van der Waals surface area contributed by atoms with E-state index in [0.717, 1.165) is 25.7 Å². The third kappa shape index (κ3) is 4.33. The summed E-state index contributed by atoms with van der Waals surface area (Å²) >= 11 is 0. The summed E-state index contributed by atoms with van der Waals surface area (Å²) in [6.07, 6.45) is 2.83. The smallest absolute Gasteiger partial charge is 0.410 e. The molecule has 2 saturated heterocycles. The van der Waals surface area contributed by atoms with Crippen molar-refractivity contribution in [2.24, 2.45) is 0 Å². The fourth-order valence-corrected chi connectivity index (χ4v) is 3.09. The highest BCUT2D eigenvalue weighted by atomic mass is 16.6. The van der Waals surface area contributed by atoms with E-state index in [1.54, 1.807) is 4.90 Å². The monoisotopic (exact) mass is 299 g/mol. The Hall–Kier alpha value is -1.30. The van der Waals surface area contributed by atoms with Crippen molar-refractivity contribution < 1.29 is 24.2 Å². The molecule has 0 bridgehead atoms. The number of ether oxygens (including phenoxy) is 2. The normalized spacial score (nSPS) is 29.7. The highest BCUT2D eigenvalue weighted by Crippen LogP contribution is 2.37. The van der Waals surface area contributed by atoms with Gasteiger partial charge in [-0.15, -0.1) is 0 Å². The van der Waals surface area contributed by atoms with Crippen LogP contribution in [0.25, 0.3) is 0 Å². The van der Waals surface area contributed by atoms with Crippen molar-refractivity contribution in [1.29, 1.82) is 0 Å². The molecular weight excluding hydrogens is 274 g/mol. The first kappa shape index (κ1) is 16.1. The Kier molecular flexibility index (Phi) is 4.46. The van der Waals surface area contributed by atoms with Crippen molar-refractivity contribution in [3.05, 3.63) is 0 Å². The molecule has 0 aliphatic carbocycles. The molecule has 2 atom stereocenters. The van der Waals surface area contributed by atoms with Gasteiger partial charge in [-0.25, -0.2) is 4.79 Å². The lowest BCUT2D eigenvalue weighted by Crippen LogP contribution is -2.45. The van der Waals surface area contributed by atoms with Crippen LogP contribution in [0, 0.1) is 0 Å². The van der Waals surface area contributed by atoms with Crippen LogP contribution < -0.4 is 0 Å². The van der Waals surface area contributed by atoms with E-state index in [-0.39, 0.29) is 24.2 Å². The van der Waals surface area contributed by atoms with Crippen molar-refractivity contribution in [3.8, 4) is 0 Å². The molecular formula is C15H25NO5. The minimum absolute atomic E-state index is 0.0359. The lowest BCUT2D eigenvalue weighted by Gasteiger charge is -2.38. The van der Waals surface area contributed by atoms with E-state index in [2.05, 4.69) is 0 Å². The van der Waals surface area contributed by atoms with Crippen molar-refractivity contribution in [1.82, 2.24) is 4.90 Å². The average Bonchev–Trinajstić information content (AvgIpc) is 2.70. The Balaban J connectivity index is 1.94. The lowest BCUT2D eigenvalue weighted by atomic mass is 9.90. The fourth-order valence-electron chi connectivity index (χ4n) is 3.09. The van der Waals surface area contributed by atoms with Gasteiger partial charge in [-0.3, -0.25) is 4.79 Å². The number of likely N-dealkylation sites (tertiary alicyclic amines) is 1. The van der Waals surface area contributed by atoms with Crippen LogP contribution >= 0.6 is 0 Å². The molecule has 0 saturated carbocycles. The second-order valence-corrected chi connectivity index (χ2v) is 7.06. The second-order valence-electron chi connectivity index (χ2n) is 7.06. The molecule has 0 aromatic heterocycles. The predicted molar refractivity (Wildman–Crippen MR) is 76.1 cm³/mol. The Morgan fingerprint density at radius 1 is 1.38 bits per heavy atom. The van der Waals surface area contributed by atoms with Crippen molar-refractivity contribution >= 4 is 12.1 Å². The first-order valence-electron chi connectivity index (χ1n) is 7.57. The molecule has 1 amide bonds. The van der Waals surface area contributed by atoms with Gasteiger partial charge in [-0.05, 0) is 46.5 Å². The summed E-state index contributed by atoms with van der Waals surface area (Å²) in [6, 6.07) is 0. The number of hydrogen-bond acceptors (Lipinski definition) is 4. The molecule has 21 heavy (non-hydrogen) atoms. The highest BCUT2D eigenvalue weighted by Gasteiger charge is 2.45. The van der Waals surface area contributed by atoms with E-state index in [1.807, 2.05) is 20.8 Å². The first-order chi connectivity index (χ1) is 9.69. The molecule has 6 nitrogen and oxygen atoms in total. The van der Waals surface area contributed by atoms with E-state index in [1.165, 1.54) is 0 Å². The fraction of sp³-hybridized carbons (Fsp3) is 0.867. The van der Waals surface area contributed by atoms with Crippen LogP contribution in [0.15, 0.2) is 0 Å². The summed E-state index contributed by atoms with van der Waals surface area (Å²) < 4.78 is 11.4. The Morgan fingerprint density at radius 2 is 2.10 bits per heavy atom. The van der Waals surface area contributed by atoms with E-state index < -0.39 is 11.6 Å². The number of nitrogens with zero attached hydrogens (tertiary/aromatic N) is 1. The van der Waals surface area contributed by atoms with Gasteiger partial charge in [0.2, 0.25) is 0 Å². The van der Waals surface area contributed by atoms with Crippen molar-refractivity contribution in [2.45, 2.75) is 70.2 Å². The van der Waals surface area contributed by atoms with Crippen LogP contribution in [0.4, 0.5) is 4.79 Å². The zero-order valence-corrected chi connectivity index (χ0v) is 13.1. The third-order valence-electron chi connectivity index (χ3n) is 3.95. The number of rotatable bonds is 2. The number of aliphatic carboxylic acids is 1. The van der Waals surface area contributed by atoms with Crippen LogP contribution in [0.2, 0.25) is 0 Å². The molecule has 2 unspecified atom stereocenters. The van der Waals surface area contributed by atoms with Crippen LogP contribution in [0.3, 0.4) is 0 Å². The molecule has 6 heteroatoms. The maximum absolute atomic E-state index is 12.1. The Bertz CT molecular complexity index is 417. The van der Waals surface area contributed by atoms with Gasteiger partial charge in [0.05, 0.1) is 24.7 Å². The van der Waals surface area contributed by atoms with Crippen molar-refractivity contribution in [2.75, 3.05) is 13.1 Å². The van der Waals surface area contributed by atoms with E-state index >= 15 is 0 Å². The SMILES string of the molecule is CC(C)(C)OC(=O)N1CCC2(CCCC(CC(=O)O)O2)C1. The van der Waals surface area contributed by atoms with E-state index in [9.17, 15) is 9.59 Å². The molecule has 2 fully saturated rings. The van der Waals surface area contributed by atoms with Gasteiger partial charge in [0, 0.05) is 6.54 Å². The average molecular weight is 299 g/mol. The van der Waals surface area contributed by atoms with Crippen LogP contribution in [-0.2, 0) is 14.3 Å². The number of carbonyl (C=O) groups is 2. The standard InChI is InChI=1S/C15H25NO5/c1-14(2,3)21-13(19)16-8-7-15(10-16)6-4-5-11(20-15)9-12(17)18/h11H,4-10H2,1-3H3,(H,17,18). The van der Waals surface area contributed by atoms with Crippen LogP contribution in [0.5, 0.6) is 0 Å². The van der Waals surface area contributed by atoms with E-state index in [0.29, 0.717) is 13.1 Å². The quantitative estimate of drug-likeness (QED) is 0.847. The summed E-state index contributed by atoms with van der Waals surface area (Å²) in [6.45, 7) is 6.64. The number of amides is 1. The van der Waals surface area contributed by atoms with Gasteiger partial charge in [-0.1, -0.05) is 0 Å². The maximum Gasteiger partial charge on any atom is 0.410 e. The molecule has 1 spiro atoms. The minimum atomic E-state index is -0.834. The second kappa shape index (κ2) is 5.83. The lowest BCUT2D eigenvalue weighted by molar-refractivity contribution is -0.152. The molecule has 0 aromatic carbocycles. The van der Waals surface area contributed by atoms with Gasteiger partial charge in [0.1, 0.15) is 5.60 Å². The largest absolute Gasteiger partial charge is 0.481 e. The van der Waals surface area contributed by atoms with Crippen LogP contribution in [0.1, 0.15) is 52.9 Å². The zero-order chi connectivity index (χ0) is 15.7.